The van der Waals surface area contributed by atoms with Crippen LogP contribution in [0.5, 0.6) is 0 Å². The summed E-state index contributed by atoms with van der Waals surface area (Å²) < 4.78 is 39.6. The average molecular weight is 541 g/mol. The summed E-state index contributed by atoms with van der Waals surface area (Å²) in [5, 5.41) is 22.5. The number of carbonyl (C=O) groups is 1. The topological polar surface area (TPSA) is 130 Å². The van der Waals surface area contributed by atoms with E-state index >= 15 is 0 Å². The van der Waals surface area contributed by atoms with E-state index in [2.05, 4.69) is 38.3 Å². The molecule has 3 unspecified atom stereocenters. The largest absolute Gasteiger partial charge is 0.490 e. The molecular formula is C27H27F3N6O3. The number of aromatic amines is 1. The van der Waals surface area contributed by atoms with Crippen molar-refractivity contribution >= 4 is 17.0 Å². The van der Waals surface area contributed by atoms with Crippen molar-refractivity contribution in [2.75, 3.05) is 6.61 Å². The molecule has 1 aliphatic rings. The van der Waals surface area contributed by atoms with Gasteiger partial charge in [-0.05, 0) is 42.7 Å². The van der Waals surface area contributed by atoms with Crippen molar-refractivity contribution in [2.24, 2.45) is 17.8 Å². The number of aromatic nitrogens is 5. The van der Waals surface area contributed by atoms with Gasteiger partial charge in [-0.1, -0.05) is 30.3 Å². The lowest BCUT2D eigenvalue weighted by atomic mass is 9.91. The number of rotatable bonds is 8. The lowest BCUT2D eigenvalue weighted by molar-refractivity contribution is -0.192. The Morgan fingerprint density at radius 3 is 2.72 bits per heavy atom. The first kappa shape index (κ1) is 27.8. The van der Waals surface area contributed by atoms with Crippen LogP contribution in [-0.4, -0.2) is 48.6 Å². The summed E-state index contributed by atoms with van der Waals surface area (Å²) in [5.41, 5.74) is 3.80. The van der Waals surface area contributed by atoms with E-state index in [-0.39, 0.29) is 5.92 Å². The van der Waals surface area contributed by atoms with E-state index in [0.29, 0.717) is 25.0 Å². The Hall–Kier alpha value is -4.24. The van der Waals surface area contributed by atoms with Gasteiger partial charge in [-0.3, -0.25) is 4.68 Å². The lowest BCUT2D eigenvalue weighted by Crippen LogP contribution is -2.21. The molecule has 3 atom stereocenters. The van der Waals surface area contributed by atoms with Crippen LogP contribution in [-0.2, 0) is 22.7 Å². The number of H-pyrrole nitrogens is 1. The fourth-order valence-corrected chi connectivity index (χ4v) is 4.73. The number of nitrogens with zero attached hydrogens (tertiary/aromatic N) is 5. The normalized spacial score (nSPS) is 17.8. The van der Waals surface area contributed by atoms with Crippen LogP contribution in [0.3, 0.4) is 0 Å². The number of benzene rings is 1. The van der Waals surface area contributed by atoms with Crippen LogP contribution in [0.25, 0.3) is 22.3 Å². The van der Waals surface area contributed by atoms with E-state index in [1.807, 2.05) is 47.5 Å². The van der Waals surface area contributed by atoms with Crippen molar-refractivity contribution in [3.8, 4) is 17.3 Å². The molecule has 1 aromatic carbocycles. The van der Waals surface area contributed by atoms with Crippen LogP contribution < -0.4 is 0 Å². The van der Waals surface area contributed by atoms with E-state index in [1.54, 1.807) is 6.33 Å². The zero-order valence-electron chi connectivity index (χ0n) is 20.9. The second kappa shape index (κ2) is 12.5. The first-order chi connectivity index (χ1) is 18.7. The zero-order chi connectivity index (χ0) is 27.8. The van der Waals surface area contributed by atoms with Crippen LogP contribution in [0.15, 0.2) is 61.3 Å². The summed E-state index contributed by atoms with van der Waals surface area (Å²) in [6.07, 6.45) is 5.36. The van der Waals surface area contributed by atoms with Crippen LogP contribution in [0.2, 0.25) is 0 Å². The molecule has 0 amide bonds. The van der Waals surface area contributed by atoms with Gasteiger partial charge in [-0.2, -0.15) is 23.5 Å². The number of aliphatic carboxylic acids is 1. The fraction of sp³-hybridized carbons (Fsp3) is 0.370. The maximum absolute atomic E-state index is 10.6. The predicted molar refractivity (Wildman–Crippen MR) is 135 cm³/mol. The number of hydrogen-bond acceptors (Lipinski definition) is 6. The second-order valence-electron chi connectivity index (χ2n) is 9.39. The lowest BCUT2D eigenvalue weighted by Gasteiger charge is -2.17. The van der Waals surface area contributed by atoms with Crippen LogP contribution in [0, 0.1) is 29.1 Å². The van der Waals surface area contributed by atoms with Crippen molar-refractivity contribution in [3.05, 3.63) is 66.9 Å². The smallest absolute Gasteiger partial charge is 0.475 e. The van der Waals surface area contributed by atoms with Gasteiger partial charge in [0.25, 0.3) is 0 Å². The number of carboxylic acids is 1. The van der Waals surface area contributed by atoms with Gasteiger partial charge in [-0.25, -0.2) is 14.8 Å². The van der Waals surface area contributed by atoms with Crippen molar-refractivity contribution in [3.63, 3.8) is 0 Å². The number of halogens is 3. The molecule has 0 bridgehead atoms. The number of ether oxygens (including phenoxy) is 1. The average Bonchev–Trinajstić information content (AvgIpc) is 3.68. The molecule has 0 aliphatic heterocycles. The van der Waals surface area contributed by atoms with Gasteiger partial charge >= 0.3 is 12.1 Å². The van der Waals surface area contributed by atoms with Gasteiger partial charge < -0.3 is 14.8 Å². The highest BCUT2D eigenvalue weighted by Gasteiger charge is 2.38. The van der Waals surface area contributed by atoms with Gasteiger partial charge in [0.2, 0.25) is 0 Å². The van der Waals surface area contributed by atoms with Crippen molar-refractivity contribution in [2.45, 2.75) is 38.6 Å². The van der Waals surface area contributed by atoms with E-state index < -0.39 is 12.1 Å². The molecule has 0 radical (unpaired) electrons. The Morgan fingerprint density at radius 2 is 2.00 bits per heavy atom. The van der Waals surface area contributed by atoms with Crippen LogP contribution in [0.1, 0.15) is 24.8 Å². The van der Waals surface area contributed by atoms with Gasteiger partial charge in [0, 0.05) is 30.0 Å². The first-order valence-electron chi connectivity index (χ1n) is 12.4. The number of nitrogens with one attached hydrogen (secondary N) is 1. The summed E-state index contributed by atoms with van der Waals surface area (Å²) in [5.74, 6) is -1.91. The summed E-state index contributed by atoms with van der Waals surface area (Å²) in [7, 11) is 0. The molecule has 0 spiro atoms. The molecule has 2 N–H and O–H groups in total. The highest BCUT2D eigenvalue weighted by Crippen LogP contribution is 2.37. The van der Waals surface area contributed by atoms with Crippen molar-refractivity contribution < 1.29 is 27.8 Å². The third kappa shape index (κ3) is 7.42. The number of nitriles is 1. The molecule has 3 aromatic heterocycles. The monoisotopic (exact) mass is 540 g/mol. The third-order valence-electron chi connectivity index (χ3n) is 6.67. The highest BCUT2D eigenvalue weighted by molar-refractivity contribution is 5.89. The van der Waals surface area contributed by atoms with Crippen LogP contribution >= 0.6 is 0 Å². The van der Waals surface area contributed by atoms with Gasteiger partial charge in [0.05, 0.1) is 37.0 Å². The third-order valence-corrected chi connectivity index (χ3v) is 6.67. The fourth-order valence-electron chi connectivity index (χ4n) is 4.73. The minimum atomic E-state index is -5.08. The standard InChI is InChI=1S/C25H26N6O.C2HF3O2/c26-11-21(20-7-6-19(10-20)16-32-15-18-4-2-1-3-5-18)13-31-14-22(12-30-31)24-23-8-9-27-25(23)29-17-28-24;3-2(4,5)1(6)7/h1-5,8-9,12,14,17,19-21H,6-7,10,13,15-16H2,(H,27,28,29);(H,6,7). The summed E-state index contributed by atoms with van der Waals surface area (Å²) >= 11 is 0. The van der Waals surface area contributed by atoms with E-state index in [9.17, 15) is 18.4 Å². The molecule has 4 aromatic rings. The van der Waals surface area contributed by atoms with E-state index in [4.69, 9.17) is 14.6 Å². The molecule has 1 saturated carbocycles. The van der Waals surface area contributed by atoms with Crippen molar-refractivity contribution in [1.29, 1.82) is 5.26 Å². The maximum Gasteiger partial charge on any atom is 0.490 e. The summed E-state index contributed by atoms with van der Waals surface area (Å²) in [4.78, 5) is 20.7. The molecule has 204 valence electrons. The molecule has 9 nitrogen and oxygen atoms in total. The molecule has 39 heavy (non-hydrogen) atoms. The molecule has 3 heterocycles. The molecular weight excluding hydrogens is 513 g/mol. The Morgan fingerprint density at radius 1 is 1.23 bits per heavy atom. The molecule has 5 rings (SSSR count). The Kier molecular flexibility index (Phi) is 8.93. The minimum Gasteiger partial charge on any atom is -0.475 e. The number of fused-ring (bicyclic) bond motifs is 1. The molecule has 1 aliphatic carbocycles. The molecule has 12 heteroatoms. The van der Waals surface area contributed by atoms with Gasteiger partial charge in [0.15, 0.2) is 0 Å². The molecule has 0 saturated heterocycles. The summed E-state index contributed by atoms with van der Waals surface area (Å²) in [6, 6.07) is 14.8. The Bertz CT molecular complexity index is 1410. The SMILES string of the molecule is N#CC(Cn1cc(-c2ncnc3[nH]ccc23)cn1)C1CCC(COCc2ccccc2)C1.O=C(O)C(F)(F)F. The Labute approximate surface area is 222 Å². The maximum atomic E-state index is 10.6. The Balaban J connectivity index is 0.000000448. The van der Waals surface area contributed by atoms with E-state index in [0.717, 1.165) is 48.2 Å². The van der Waals surface area contributed by atoms with Crippen molar-refractivity contribution in [1.82, 2.24) is 24.7 Å². The summed E-state index contributed by atoms with van der Waals surface area (Å²) in [6.45, 7) is 2.01. The number of alkyl halides is 3. The number of hydrogen-bond donors (Lipinski definition) is 2. The number of carboxylic acid groups (broad SMARTS) is 1. The molecule has 1 fully saturated rings. The minimum absolute atomic E-state index is 0.0560. The predicted octanol–water partition coefficient (Wildman–Crippen LogP) is 5.23. The van der Waals surface area contributed by atoms with E-state index in [1.165, 1.54) is 5.56 Å². The highest BCUT2D eigenvalue weighted by atomic mass is 19.4. The quantitative estimate of drug-likeness (QED) is 0.313. The van der Waals surface area contributed by atoms with Crippen LogP contribution in [0.4, 0.5) is 13.2 Å². The van der Waals surface area contributed by atoms with Gasteiger partial charge in [-0.15, -0.1) is 0 Å². The first-order valence-corrected chi connectivity index (χ1v) is 12.4. The van der Waals surface area contributed by atoms with Gasteiger partial charge in [0.1, 0.15) is 12.0 Å². The zero-order valence-corrected chi connectivity index (χ0v) is 20.9. The second-order valence-corrected chi connectivity index (χ2v) is 9.39.